The number of Topliss-reactive ketones (excluding diaryl/α,β-unsaturated/α-hetero) is 3. The fourth-order valence-corrected chi connectivity index (χ4v) is 7.87. The number of aliphatic hydroxyl groups is 3. The minimum Gasteiger partial charge on any atom is -0.394 e. The number of carbonyl (C=O) groups is 10. The number of hydrogen-bond acceptors (Lipinski definition) is 16. The summed E-state index contributed by atoms with van der Waals surface area (Å²) in [5.74, 6) is -11.9. The van der Waals surface area contributed by atoms with E-state index in [9.17, 15) is 63.3 Å². The standard InChI is InChI=1S/C47H76N10O13/c1-25(2)19-36-46(69)54-34(12-16-49)44(67)53-35(13-17-50)45(68)57-40(28(5)61)47(70)51-18-14-30(22-39(63)37(24-58)56-43(66)32(27(4)60)20-26(3)59)41(64)52-33(11-15-48)38(62)23-31(42(65)55-36)21-29-9-7-6-8-10-29/h6-10,25,27-28,30-37,40,58,60-61H,11-24,48-50H2,1-5H3,(H,51,70)(H,52,64)(H,53,67)(H,54,69)(H,55,65)(H,56,66)(H,57,68)/t27-,28-,30-,31+,32+,33+,34+,35+,36+,37-,40?/m1/s1. The molecule has 1 heterocycles. The summed E-state index contributed by atoms with van der Waals surface area (Å²) in [7, 11) is 0. The van der Waals surface area contributed by atoms with Gasteiger partial charge in [0.15, 0.2) is 11.6 Å². The number of ketones is 3. The van der Waals surface area contributed by atoms with Crippen LogP contribution in [0.2, 0.25) is 0 Å². The van der Waals surface area contributed by atoms with Crippen LogP contribution >= 0.6 is 0 Å². The fourth-order valence-electron chi connectivity index (χ4n) is 7.87. The van der Waals surface area contributed by atoms with E-state index in [0.717, 1.165) is 0 Å². The zero-order valence-electron chi connectivity index (χ0n) is 40.9. The van der Waals surface area contributed by atoms with Gasteiger partial charge in [0.25, 0.3) is 0 Å². The highest BCUT2D eigenvalue weighted by Crippen LogP contribution is 2.19. The monoisotopic (exact) mass is 989 g/mol. The second-order valence-corrected chi connectivity index (χ2v) is 18.3. The third-order valence-electron chi connectivity index (χ3n) is 11.8. The van der Waals surface area contributed by atoms with Crippen LogP contribution in [0.25, 0.3) is 0 Å². The Morgan fingerprint density at radius 3 is 1.73 bits per heavy atom. The molecule has 1 aliphatic heterocycles. The van der Waals surface area contributed by atoms with Crippen LogP contribution in [0.15, 0.2) is 30.3 Å². The number of amides is 7. The van der Waals surface area contributed by atoms with Crippen molar-refractivity contribution in [1.29, 1.82) is 0 Å². The van der Waals surface area contributed by atoms with Crippen molar-refractivity contribution < 1.29 is 63.3 Å². The molecule has 1 saturated heterocycles. The van der Waals surface area contributed by atoms with Gasteiger partial charge in [0.05, 0.1) is 30.8 Å². The lowest BCUT2D eigenvalue weighted by Crippen LogP contribution is -2.60. The summed E-state index contributed by atoms with van der Waals surface area (Å²) >= 11 is 0. The van der Waals surface area contributed by atoms with Crippen LogP contribution in [-0.4, -0.2) is 155 Å². The molecule has 0 aromatic heterocycles. The van der Waals surface area contributed by atoms with Crippen LogP contribution in [0.3, 0.4) is 0 Å². The molecular weight excluding hydrogens is 913 g/mol. The second-order valence-electron chi connectivity index (χ2n) is 18.3. The Balaban J connectivity index is 2.73. The molecular formula is C47H76N10O13. The van der Waals surface area contributed by atoms with Crippen molar-refractivity contribution in [2.24, 2.45) is 40.9 Å². The Hall–Kier alpha value is -5.72. The van der Waals surface area contributed by atoms with Crippen molar-refractivity contribution in [3.63, 3.8) is 0 Å². The summed E-state index contributed by atoms with van der Waals surface area (Å²) in [6.45, 7) is 5.65. The van der Waals surface area contributed by atoms with Crippen molar-refractivity contribution >= 4 is 58.7 Å². The summed E-state index contributed by atoms with van der Waals surface area (Å²) in [6.07, 6.45) is -4.96. The number of benzene rings is 1. The number of carbonyl (C=O) groups excluding carboxylic acids is 10. The number of hydrogen-bond donors (Lipinski definition) is 13. The van der Waals surface area contributed by atoms with Crippen molar-refractivity contribution in [3.05, 3.63) is 35.9 Å². The van der Waals surface area contributed by atoms with Gasteiger partial charge in [-0.1, -0.05) is 44.2 Å². The molecule has 0 aliphatic carbocycles. The molecule has 70 heavy (non-hydrogen) atoms. The van der Waals surface area contributed by atoms with Gasteiger partial charge in [-0.05, 0) is 90.4 Å². The van der Waals surface area contributed by atoms with Crippen LogP contribution in [0.4, 0.5) is 0 Å². The molecule has 1 aromatic rings. The van der Waals surface area contributed by atoms with Gasteiger partial charge >= 0.3 is 0 Å². The topological polar surface area (TPSA) is 394 Å². The van der Waals surface area contributed by atoms with Gasteiger partial charge < -0.3 is 74.5 Å². The van der Waals surface area contributed by atoms with E-state index in [0.29, 0.717) is 5.56 Å². The van der Waals surface area contributed by atoms with Gasteiger partial charge in [0.2, 0.25) is 41.4 Å². The molecule has 0 saturated carbocycles. The normalized spacial score (nSPS) is 24.6. The lowest BCUT2D eigenvalue weighted by atomic mass is 9.89. The molecule has 16 N–H and O–H groups in total. The summed E-state index contributed by atoms with van der Waals surface area (Å²) in [4.78, 5) is 137. The largest absolute Gasteiger partial charge is 0.394 e. The van der Waals surface area contributed by atoms with Crippen LogP contribution in [-0.2, 0) is 54.4 Å². The van der Waals surface area contributed by atoms with Gasteiger partial charge in [-0.25, -0.2) is 0 Å². The van der Waals surface area contributed by atoms with Crippen LogP contribution in [0, 0.1) is 23.7 Å². The summed E-state index contributed by atoms with van der Waals surface area (Å²) in [5, 5.41) is 48.9. The summed E-state index contributed by atoms with van der Waals surface area (Å²) in [6, 6.07) is 0.211. The van der Waals surface area contributed by atoms with Crippen molar-refractivity contribution in [3.8, 4) is 0 Å². The van der Waals surface area contributed by atoms with E-state index in [1.165, 1.54) is 20.8 Å². The van der Waals surface area contributed by atoms with E-state index >= 15 is 0 Å². The average molecular weight is 989 g/mol. The number of aliphatic hydroxyl groups excluding tert-OH is 3. The highest BCUT2D eigenvalue weighted by molar-refractivity contribution is 5.98. The maximum atomic E-state index is 14.3. The maximum absolute atomic E-state index is 14.3. The first-order chi connectivity index (χ1) is 33.1. The van der Waals surface area contributed by atoms with E-state index < -0.39 is 144 Å². The van der Waals surface area contributed by atoms with Crippen molar-refractivity contribution in [1.82, 2.24) is 37.2 Å². The van der Waals surface area contributed by atoms with Crippen molar-refractivity contribution in [2.45, 2.75) is 141 Å². The van der Waals surface area contributed by atoms with Gasteiger partial charge in [0, 0.05) is 37.6 Å². The number of nitrogens with two attached hydrogens (primary N) is 3. The van der Waals surface area contributed by atoms with E-state index in [4.69, 9.17) is 17.2 Å². The third kappa shape index (κ3) is 20.3. The lowest BCUT2D eigenvalue weighted by molar-refractivity contribution is -0.137. The molecule has 23 heteroatoms. The zero-order valence-corrected chi connectivity index (χ0v) is 40.9. The molecule has 1 fully saturated rings. The van der Waals surface area contributed by atoms with E-state index in [-0.39, 0.29) is 77.0 Å². The maximum Gasteiger partial charge on any atom is 0.245 e. The third-order valence-corrected chi connectivity index (χ3v) is 11.8. The zero-order chi connectivity index (χ0) is 52.7. The minimum atomic E-state index is -1.64. The molecule has 1 unspecified atom stereocenters. The SMILES string of the molecule is CC(=O)C[C@H](C(=O)N[C@H](CO)C(=O)C[C@H]1CCNC(=O)C([C@@H](C)O)NC(=O)[C@H](CCN)NC(=O)[C@H](CCN)NC(=O)[C@H](CC(C)C)NC(=O)[C@@H](Cc2ccccc2)CC(=O)[C@H](CCN)NC1=O)[C@@H](C)O. The smallest absolute Gasteiger partial charge is 0.245 e. The molecule has 11 atom stereocenters. The molecule has 2 rings (SSSR count). The molecule has 0 bridgehead atoms. The molecule has 23 nitrogen and oxygen atoms in total. The molecule has 392 valence electrons. The summed E-state index contributed by atoms with van der Waals surface area (Å²) < 4.78 is 0. The second kappa shape index (κ2) is 30.8. The Morgan fingerprint density at radius 2 is 1.21 bits per heavy atom. The van der Waals surface area contributed by atoms with Gasteiger partial charge in [0.1, 0.15) is 36.0 Å². The quantitative estimate of drug-likeness (QED) is 0.0597. The lowest BCUT2D eigenvalue weighted by Gasteiger charge is -2.28. The molecule has 1 aliphatic rings. The van der Waals surface area contributed by atoms with Gasteiger partial charge in [-0.2, -0.15) is 0 Å². The highest BCUT2D eigenvalue weighted by Gasteiger charge is 2.37. The Bertz CT molecular complexity index is 1940. The first-order valence-corrected chi connectivity index (χ1v) is 23.8. The van der Waals surface area contributed by atoms with E-state index in [1.54, 1.807) is 44.2 Å². The predicted molar refractivity (Wildman–Crippen MR) is 255 cm³/mol. The van der Waals surface area contributed by atoms with Gasteiger partial charge in [-0.3, -0.25) is 43.2 Å². The van der Waals surface area contributed by atoms with Gasteiger partial charge in [-0.15, -0.1) is 0 Å². The van der Waals surface area contributed by atoms with Crippen molar-refractivity contribution in [2.75, 3.05) is 32.8 Å². The number of nitrogens with one attached hydrogen (secondary N) is 7. The first-order valence-electron chi connectivity index (χ1n) is 23.8. The first kappa shape index (κ1) is 60.4. The predicted octanol–water partition coefficient (Wildman–Crippen LogP) is -3.75. The average Bonchev–Trinajstić information content (AvgIpc) is 3.29. The highest BCUT2D eigenvalue weighted by atomic mass is 16.3. The minimum absolute atomic E-state index is 0.0153. The molecule has 0 spiro atoms. The molecule has 1 aromatic carbocycles. The fraction of sp³-hybridized carbons (Fsp3) is 0.660. The van der Waals surface area contributed by atoms with Crippen LogP contribution < -0.4 is 54.4 Å². The Morgan fingerprint density at radius 1 is 0.700 bits per heavy atom. The molecule has 0 radical (unpaired) electrons. The van der Waals surface area contributed by atoms with Crippen LogP contribution in [0.5, 0.6) is 0 Å². The summed E-state index contributed by atoms with van der Waals surface area (Å²) in [5.41, 5.74) is 18.2. The molecule has 7 amide bonds. The number of rotatable bonds is 20. The van der Waals surface area contributed by atoms with E-state index in [2.05, 4.69) is 37.2 Å². The van der Waals surface area contributed by atoms with Crippen LogP contribution in [0.1, 0.15) is 91.5 Å². The van der Waals surface area contributed by atoms with E-state index in [1.807, 2.05) is 0 Å². The Labute approximate surface area is 408 Å². The Kier molecular flexibility index (Phi) is 26.6.